The van der Waals surface area contributed by atoms with E-state index < -0.39 is 5.82 Å². The van der Waals surface area contributed by atoms with Crippen molar-refractivity contribution in [1.82, 2.24) is 0 Å². The van der Waals surface area contributed by atoms with E-state index in [9.17, 15) is 4.39 Å². The van der Waals surface area contributed by atoms with Crippen molar-refractivity contribution < 1.29 is 13.9 Å². The summed E-state index contributed by atoms with van der Waals surface area (Å²) < 4.78 is 24.5. The summed E-state index contributed by atoms with van der Waals surface area (Å²) in [5, 5.41) is 8.63. The topological polar surface area (TPSA) is 42.2 Å². The largest absolute Gasteiger partial charge is 0.376 e. The fourth-order valence-electron chi connectivity index (χ4n) is 1.97. The first-order valence-corrected chi connectivity index (χ1v) is 6.17. The van der Waals surface area contributed by atoms with Crippen LogP contribution in [0.5, 0.6) is 0 Å². The molecule has 0 aliphatic carbocycles. The quantitative estimate of drug-likeness (QED) is 0.824. The second-order valence-corrected chi connectivity index (χ2v) is 4.42. The molecular formula is C14H16FNO2. The molecule has 1 aromatic rings. The van der Waals surface area contributed by atoms with Gasteiger partial charge in [-0.2, -0.15) is 5.26 Å². The number of hydrogen-bond acceptors (Lipinski definition) is 3. The van der Waals surface area contributed by atoms with E-state index in [2.05, 4.69) is 0 Å². The molecule has 1 aliphatic heterocycles. The fraction of sp³-hybridized carbons (Fsp3) is 0.500. The molecule has 0 radical (unpaired) electrons. The Morgan fingerprint density at radius 3 is 3.00 bits per heavy atom. The molecule has 18 heavy (non-hydrogen) atoms. The fourth-order valence-corrected chi connectivity index (χ4v) is 1.97. The lowest BCUT2D eigenvalue weighted by atomic mass is 10.1. The molecule has 1 aromatic carbocycles. The lowest BCUT2D eigenvalue weighted by Crippen LogP contribution is -2.24. The third kappa shape index (κ3) is 3.52. The summed E-state index contributed by atoms with van der Waals surface area (Å²) in [5.41, 5.74) is 0.802. The highest BCUT2D eigenvalue weighted by molar-refractivity contribution is 5.32. The molecule has 1 unspecified atom stereocenters. The van der Waals surface area contributed by atoms with E-state index in [0.717, 1.165) is 19.4 Å². The first-order valence-electron chi connectivity index (χ1n) is 6.17. The van der Waals surface area contributed by atoms with Crippen LogP contribution in [-0.2, 0) is 16.1 Å². The van der Waals surface area contributed by atoms with E-state index in [1.54, 1.807) is 12.1 Å². The zero-order chi connectivity index (χ0) is 12.8. The lowest BCUT2D eigenvalue weighted by molar-refractivity contribution is -0.0451. The molecule has 2 rings (SSSR count). The van der Waals surface area contributed by atoms with Crippen LogP contribution in [0.25, 0.3) is 0 Å². The zero-order valence-electron chi connectivity index (χ0n) is 10.2. The van der Waals surface area contributed by atoms with Crippen LogP contribution in [0.3, 0.4) is 0 Å². The van der Waals surface area contributed by atoms with Crippen molar-refractivity contribution in [1.29, 1.82) is 5.26 Å². The van der Waals surface area contributed by atoms with Crippen molar-refractivity contribution in [2.75, 3.05) is 13.2 Å². The van der Waals surface area contributed by atoms with E-state index in [4.69, 9.17) is 14.7 Å². The van der Waals surface area contributed by atoms with Crippen molar-refractivity contribution in [3.8, 4) is 6.07 Å². The Labute approximate surface area is 106 Å². The van der Waals surface area contributed by atoms with Gasteiger partial charge in [-0.1, -0.05) is 6.07 Å². The Morgan fingerprint density at radius 2 is 2.33 bits per heavy atom. The van der Waals surface area contributed by atoms with Gasteiger partial charge in [0.25, 0.3) is 0 Å². The Hall–Kier alpha value is -1.44. The summed E-state index contributed by atoms with van der Waals surface area (Å²) in [6.07, 6.45) is 3.43. The molecular weight excluding hydrogens is 233 g/mol. The predicted octanol–water partition coefficient (Wildman–Crippen LogP) is 2.78. The van der Waals surface area contributed by atoms with E-state index in [1.807, 2.05) is 6.07 Å². The Kier molecular flexibility index (Phi) is 4.68. The molecule has 96 valence electrons. The Morgan fingerprint density at radius 1 is 1.44 bits per heavy atom. The molecule has 4 heteroatoms. The maximum atomic E-state index is 13.5. The molecule has 1 atom stereocenters. The van der Waals surface area contributed by atoms with Gasteiger partial charge >= 0.3 is 0 Å². The Bertz CT molecular complexity index is 436. The van der Waals surface area contributed by atoms with Gasteiger partial charge in [-0.05, 0) is 31.4 Å². The van der Waals surface area contributed by atoms with Crippen LogP contribution in [0, 0.1) is 17.1 Å². The van der Waals surface area contributed by atoms with Gasteiger partial charge in [0.05, 0.1) is 31.0 Å². The minimum absolute atomic E-state index is 0.139. The number of hydrogen-bond donors (Lipinski definition) is 0. The molecule has 0 N–H and O–H groups in total. The van der Waals surface area contributed by atoms with E-state index in [-0.39, 0.29) is 12.7 Å². The van der Waals surface area contributed by atoms with Crippen molar-refractivity contribution >= 4 is 0 Å². The first kappa shape index (κ1) is 13.0. The highest BCUT2D eigenvalue weighted by Crippen LogP contribution is 2.15. The molecule has 0 bridgehead atoms. The van der Waals surface area contributed by atoms with Gasteiger partial charge in [0.2, 0.25) is 0 Å². The SMILES string of the molecule is N#Cc1ccc(COCC2CCCCO2)c(F)c1. The average Bonchev–Trinajstić information content (AvgIpc) is 2.42. The van der Waals surface area contributed by atoms with Crippen molar-refractivity contribution in [3.05, 3.63) is 35.1 Å². The van der Waals surface area contributed by atoms with Crippen LogP contribution >= 0.6 is 0 Å². The maximum Gasteiger partial charge on any atom is 0.130 e. The summed E-state index contributed by atoms with van der Waals surface area (Å²) in [7, 11) is 0. The molecule has 1 saturated heterocycles. The number of nitriles is 1. The lowest BCUT2D eigenvalue weighted by Gasteiger charge is -2.22. The van der Waals surface area contributed by atoms with Gasteiger partial charge in [0.1, 0.15) is 5.82 Å². The van der Waals surface area contributed by atoms with Crippen molar-refractivity contribution in [2.24, 2.45) is 0 Å². The number of rotatable bonds is 4. The van der Waals surface area contributed by atoms with Crippen LogP contribution in [-0.4, -0.2) is 19.3 Å². The summed E-state index contributed by atoms with van der Waals surface area (Å²) >= 11 is 0. The molecule has 1 aliphatic rings. The van der Waals surface area contributed by atoms with E-state index >= 15 is 0 Å². The maximum absolute atomic E-state index is 13.5. The normalized spacial score (nSPS) is 19.4. The van der Waals surface area contributed by atoms with Crippen LogP contribution in [0.2, 0.25) is 0 Å². The monoisotopic (exact) mass is 249 g/mol. The molecule has 0 amide bonds. The second kappa shape index (κ2) is 6.48. The highest BCUT2D eigenvalue weighted by atomic mass is 19.1. The molecule has 0 aromatic heterocycles. The number of benzene rings is 1. The Balaban J connectivity index is 1.81. The average molecular weight is 249 g/mol. The molecule has 0 saturated carbocycles. The van der Waals surface area contributed by atoms with Crippen LogP contribution in [0.4, 0.5) is 4.39 Å². The molecule has 1 fully saturated rings. The van der Waals surface area contributed by atoms with Crippen molar-refractivity contribution in [2.45, 2.75) is 32.0 Å². The molecule has 3 nitrogen and oxygen atoms in total. The third-order valence-electron chi connectivity index (χ3n) is 3.02. The van der Waals surface area contributed by atoms with Gasteiger partial charge < -0.3 is 9.47 Å². The van der Waals surface area contributed by atoms with Crippen LogP contribution in [0.1, 0.15) is 30.4 Å². The highest BCUT2D eigenvalue weighted by Gasteiger charge is 2.14. The minimum atomic E-state index is -0.390. The summed E-state index contributed by atoms with van der Waals surface area (Å²) in [5.74, 6) is -0.390. The van der Waals surface area contributed by atoms with Gasteiger partial charge in [0, 0.05) is 12.2 Å². The first-order chi connectivity index (χ1) is 8.79. The standard InChI is InChI=1S/C14H16FNO2/c15-14-7-11(8-16)4-5-12(14)9-17-10-13-3-1-2-6-18-13/h4-5,7,13H,1-3,6,9-10H2. The molecule has 1 heterocycles. The van der Waals surface area contributed by atoms with Gasteiger partial charge in [-0.15, -0.1) is 0 Å². The smallest absolute Gasteiger partial charge is 0.130 e. The number of halogens is 1. The van der Waals surface area contributed by atoms with E-state index in [1.165, 1.54) is 12.5 Å². The number of nitrogens with zero attached hydrogens (tertiary/aromatic N) is 1. The van der Waals surface area contributed by atoms with Gasteiger partial charge in [-0.3, -0.25) is 0 Å². The summed E-state index contributed by atoms with van der Waals surface area (Å²) in [6.45, 7) is 1.51. The molecule has 0 spiro atoms. The van der Waals surface area contributed by atoms with E-state index in [0.29, 0.717) is 17.7 Å². The second-order valence-electron chi connectivity index (χ2n) is 4.42. The van der Waals surface area contributed by atoms with Crippen LogP contribution < -0.4 is 0 Å². The predicted molar refractivity (Wildman–Crippen MR) is 64.4 cm³/mol. The van der Waals surface area contributed by atoms with Crippen molar-refractivity contribution in [3.63, 3.8) is 0 Å². The van der Waals surface area contributed by atoms with Crippen LogP contribution in [0.15, 0.2) is 18.2 Å². The zero-order valence-corrected chi connectivity index (χ0v) is 10.2. The number of ether oxygens (including phenoxy) is 2. The third-order valence-corrected chi connectivity index (χ3v) is 3.02. The summed E-state index contributed by atoms with van der Waals surface area (Å²) in [4.78, 5) is 0. The van der Waals surface area contributed by atoms with Gasteiger partial charge in [0.15, 0.2) is 0 Å². The van der Waals surface area contributed by atoms with Gasteiger partial charge in [-0.25, -0.2) is 4.39 Å². The summed E-state index contributed by atoms with van der Waals surface area (Å²) in [6, 6.07) is 6.32. The minimum Gasteiger partial charge on any atom is -0.376 e.